The molecule has 2 atom stereocenters. The Morgan fingerprint density at radius 2 is 2.21 bits per heavy atom. The largest absolute Gasteiger partial charge is 0.366 e. The van der Waals surface area contributed by atoms with E-state index in [4.69, 9.17) is 0 Å². The van der Waals surface area contributed by atoms with Crippen LogP contribution < -0.4 is 5.32 Å². The average Bonchev–Trinajstić information content (AvgIpc) is 2.84. The molecule has 0 aliphatic heterocycles. The van der Waals surface area contributed by atoms with Crippen molar-refractivity contribution < 1.29 is 0 Å². The van der Waals surface area contributed by atoms with Gasteiger partial charge in [-0.1, -0.05) is 0 Å². The molecular formula is C11H17N3. The Morgan fingerprint density at radius 3 is 2.71 bits per heavy atom. The van der Waals surface area contributed by atoms with Gasteiger partial charge in [0.25, 0.3) is 0 Å². The predicted octanol–water partition coefficient (Wildman–Crippen LogP) is 2.02. The first kappa shape index (κ1) is 8.33. The van der Waals surface area contributed by atoms with Crippen LogP contribution in [0.3, 0.4) is 0 Å². The molecule has 0 spiro atoms. The van der Waals surface area contributed by atoms with Crippen molar-refractivity contribution in [3.63, 3.8) is 0 Å². The maximum Gasteiger partial charge on any atom is 0.148 e. The quantitative estimate of drug-likeness (QED) is 0.792. The average molecular weight is 191 g/mol. The third kappa shape index (κ3) is 1.41. The molecule has 1 N–H and O–H groups in total. The van der Waals surface area contributed by atoms with Crippen molar-refractivity contribution in [2.75, 3.05) is 5.32 Å². The van der Waals surface area contributed by atoms with Crippen LogP contribution >= 0.6 is 0 Å². The minimum Gasteiger partial charge on any atom is -0.366 e. The van der Waals surface area contributed by atoms with Gasteiger partial charge in [-0.3, -0.25) is 4.68 Å². The van der Waals surface area contributed by atoms with E-state index in [0.29, 0.717) is 6.04 Å². The third-order valence-corrected chi connectivity index (χ3v) is 3.60. The molecule has 0 amide bonds. The highest BCUT2D eigenvalue weighted by Crippen LogP contribution is 2.47. The van der Waals surface area contributed by atoms with Gasteiger partial charge in [0, 0.05) is 25.4 Å². The van der Waals surface area contributed by atoms with Crippen LogP contribution in [0.5, 0.6) is 0 Å². The van der Waals surface area contributed by atoms with Crippen molar-refractivity contribution in [3.8, 4) is 0 Å². The van der Waals surface area contributed by atoms with Crippen LogP contribution in [0.25, 0.3) is 0 Å². The second kappa shape index (κ2) is 3.01. The molecule has 1 aromatic rings. The molecule has 3 heteroatoms. The van der Waals surface area contributed by atoms with Gasteiger partial charge in [-0.2, -0.15) is 5.10 Å². The summed E-state index contributed by atoms with van der Waals surface area (Å²) in [4.78, 5) is 0. The van der Waals surface area contributed by atoms with Crippen molar-refractivity contribution in [3.05, 3.63) is 12.3 Å². The number of aryl methyl sites for hydroxylation is 1. The summed E-state index contributed by atoms with van der Waals surface area (Å²) in [6.45, 7) is 0. The van der Waals surface area contributed by atoms with E-state index in [1.807, 2.05) is 17.9 Å². The lowest BCUT2D eigenvalue weighted by Crippen LogP contribution is -2.39. The van der Waals surface area contributed by atoms with Crippen LogP contribution in [0.4, 0.5) is 5.82 Å². The van der Waals surface area contributed by atoms with Crippen LogP contribution in [-0.2, 0) is 7.05 Å². The lowest BCUT2D eigenvalue weighted by Gasteiger charge is -2.37. The number of hydrogen-bond donors (Lipinski definition) is 1. The van der Waals surface area contributed by atoms with Crippen molar-refractivity contribution in [1.82, 2.24) is 9.78 Å². The molecule has 0 radical (unpaired) electrons. The SMILES string of the molecule is Cn1ccc(NC2CCC2C2CC2)n1. The summed E-state index contributed by atoms with van der Waals surface area (Å²) in [6, 6.07) is 2.76. The van der Waals surface area contributed by atoms with Gasteiger partial charge >= 0.3 is 0 Å². The van der Waals surface area contributed by atoms with Gasteiger partial charge in [-0.05, 0) is 37.5 Å². The van der Waals surface area contributed by atoms with E-state index in [9.17, 15) is 0 Å². The second-order valence-corrected chi connectivity index (χ2v) is 4.70. The summed E-state index contributed by atoms with van der Waals surface area (Å²) in [6.07, 6.45) is 7.68. The second-order valence-electron chi connectivity index (χ2n) is 4.70. The number of aromatic nitrogens is 2. The van der Waals surface area contributed by atoms with Crippen LogP contribution in [0.2, 0.25) is 0 Å². The summed E-state index contributed by atoms with van der Waals surface area (Å²) >= 11 is 0. The number of nitrogens with zero attached hydrogens (tertiary/aromatic N) is 2. The standard InChI is InChI=1S/C11H17N3/c1-14-7-6-11(13-14)12-10-5-4-9(10)8-2-3-8/h6-10H,2-5H2,1H3,(H,12,13). The Morgan fingerprint density at radius 1 is 1.36 bits per heavy atom. The van der Waals surface area contributed by atoms with Gasteiger partial charge in [0.1, 0.15) is 5.82 Å². The van der Waals surface area contributed by atoms with E-state index in [2.05, 4.69) is 16.5 Å². The Balaban J connectivity index is 1.61. The highest BCUT2D eigenvalue weighted by atomic mass is 15.3. The molecular weight excluding hydrogens is 174 g/mol. The zero-order chi connectivity index (χ0) is 9.54. The molecule has 3 nitrogen and oxygen atoms in total. The molecule has 2 unspecified atom stereocenters. The van der Waals surface area contributed by atoms with Gasteiger partial charge in [0.15, 0.2) is 0 Å². The van der Waals surface area contributed by atoms with E-state index < -0.39 is 0 Å². The van der Waals surface area contributed by atoms with Crippen LogP contribution in [0, 0.1) is 11.8 Å². The lowest BCUT2D eigenvalue weighted by molar-refractivity contribution is 0.242. The third-order valence-electron chi connectivity index (χ3n) is 3.60. The zero-order valence-corrected chi connectivity index (χ0v) is 8.61. The molecule has 1 heterocycles. The highest BCUT2D eigenvalue weighted by molar-refractivity contribution is 5.34. The molecule has 2 fully saturated rings. The van der Waals surface area contributed by atoms with Crippen molar-refractivity contribution in [2.45, 2.75) is 31.7 Å². The van der Waals surface area contributed by atoms with Crippen molar-refractivity contribution in [1.29, 1.82) is 0 Å². The van der Waals surface area contributed by atoms with Crippen LogP contribution in [0.15, 0.2) is 12.3 Å². The van der Waals surface area contributed by atoms with Gasteiger partial charge in [-0.25, -0.2) is 0 Å². The van der Waals surface area contributed by atoms with Gasteiger partial charge < -0.3 is 5.32 Å². The first-order valence-electron chi connectivity index (χ1n) is 5.59. The van der Waals surface area contributed by atoms with Crippen molar-refractivity contribution >= 4 is 5.82 Å². The first-order chi connectivity index (χ1) is 6.83. The van der Waals surface area contributed by atoms with Crippen molar-refractivity contribution in [2.24, 2.45) is 18.9 Å². The molecule has 14 heavy (non-hydrogen) atoms. The van der Waals surface area contributed by atoms with E-state index >= 15 is 0 Å². The topological polar surface area (TPSA) is 29.9 Å². The van der Waals surface area contributed by atoms with E-state index in [1.165, 1.54) is 25.7 Å². The summed E-state index contributed by atoms with van der Waals surface area (Å²) in [5.41, 5.74) is 0. The summed E-state index contributed by atoms with van der Waals surface area (Å²) in [7, 11) is 1.96. The van der Waals surface area contributed by atoms with E-state index in [1.54, 1.807) is 0 Å². The molecule has 3 rings (SSSR count). The van der Waals surface area contributed by atoms with E-state index in [0.717, 1.165) is 17.7 Å². The zero-order valence-electron chi connectivity index (χ0n) is 8.61. The molecule has 2 saturated carbocycles. The van der Waals surface area contributed by atoms with Crippen LogP contribution in [0.1, 0.15) is 25.7 Å². The molecule has 76 valence electrons. The highest BCUT2D eigenvalue weighted by Gasteiger charge is 2.42. The summed E-state index contributed by atoms with van der Waals surface area (Å²) in [5, 5.41) is 7.89. The Labute approximate surface area is 84.5 Å². The van der Waals surface area contributed by atoms with Gasteiger partial charge in [0.2, 0.25) is 0 Å². The minimum atomic E-state index is 0.706. The normalized spacial score (nSPS) is 31.2. The predicted molar refractivity (Wildman–Crippen MR) is 56.1 cm³/mol. The first-order valence-corrected chi connectivity index (χ1v) is 5.59. The fourth-order valence-corrected chi connectivity index (χ4v) is 2.48. The van der Waals surface area contributed by atoms with Gasteiger partial charge in [0.05, 0.1) is 0 Å². The lowest BCUT2D eigenvalue weighted by atomic mass is 9.76. The monoisotopic (exact) mass is 191 g/mol. The number of nitrogens with one attached hydrogen (secondary N) is 1. The Bertz CT molecular complexity index is 327. The fourth-order valence-electron chi connectivity index (χ4n) is 2.48. The molecule has 0 saturated heterocycles. The molecule has 1 aromatic heterocycles. The summed E-state index contributed by atoms with van der Waals surface area (Å²) in [5.74, 6) is 3.02. The Hall–Kier alpha value is -0.990. The maximum atomic E-state index is 4.35. The molecule has 2 aliphatic rings. The summed E-state index contributed by atoms with van der Waals surface area (Å²) < 4.78 is 1.85. The molecule has 2 aliphatic carbocycles. The minimum absolute atomic E-state index is 0.706. The number of rotatable bonds is 3. The van der Waals surface area contributed by atoms with E-state index in [-0.39, 0.29) is 0 Å². The maximum absolute atomic E-state index is 4.35. The number of anilines is 1. The van der Waals surface area contributed by atoms with Crippen LogP contribution in [-0.4, -0.2) is 15.8 Å². The van der Waals surface area contributed by atoms with Gasteiger partial charge in [-0.15, -0.1) is 0 Å². The Kier molecular flexibility index (Phi) is 1.79. The molecule has 0 aromatic carbocycles. The fraction of sp³-hybridized carbons (Fsp3) is 0.727. The smallest absolute Gasteiger partial charge is 0.148 e. The number of hydrogen-bond acceptors (Lipinski definition) is 2. The molecule has 0 bridgehead atoms.